The van der Waals surface area contributed by atoms with Crippen LogP contribution in [0.4, 0.5) is 0 Å². The minimum atomic E-state index is -0.366. The number of carbonyl (C=O) groups is 2. The van der Waals surface area contributed by atoms with Crippen LogP contribution >= 0.6 is 0 Å². The molecule has 0 bridgehead atoms. The van der Waals surface area contributed by atoms with E-state index in [1.165, 1.54) is 5.57 Å². The van der Waals surface area contributed by atoms with Gasteiger partial charge in [0.1, 0.15) is 0 Å². The Morgan fingerprint density at radius 2 is 1.82 bits per heavy atom. The molecule has 0 aromatic heterocycles. The number of cyclic esters (lactones) is 2. The van der Waals surface area contributed by atoms with E-state index in [0.29, 0.717) is 0 Å². The number of allylic oxidation sites excluding steroid dienone is 1. The van der Waals surface area contributed by atoms with Gasteiger partial charge in [-0.15, -0.1) is 0 Å². The zero-order valence-electron chi connectivity index (χ0n) is 12.6. The van der Waals surface area contributed by atoms with Crippen LogP contribution in [0.25, 0.3) is 0 Å². The van der Waals surface area contributed by atoms with Gasteiger partial charge in [0.2, 0.25) is 0 Å². The third-order valence-corrected chi connectivity index (χ3v) is 5.30. The fourth-order valence-electron chi connectivity index (χ4n) is 4.23. The summed E-state index contributed by atoms with van der Waals surface area (Å²) in [5.41, 5.74) is 2.41. The van der Waals surface area contributed by atoms with Gasteiger partial charge in [0.15, 0.2) is 0 Å². The quantitative estimate of drug-likeness (QED) is 0.452. The lowest BCUT2D eigenvalue weighted by molar-refractivity contribution is -0.154. The van der Waals surface area contributed by atoms with E-state index in [2.05, 4.69) is 18.0 Å². The van der Waals surface area contributed by atoms with Gasteiger partial charge in [-0.1, -0.05) is 42.0 Å². The van der Waals surface area contributed by atoms with Gasteiger partial charge in [-0.05, 0) is 19.0 Å². The topological polar surface area (TPSA) is 46.6 Å². The van der Waals surface area contributed by atoms with E-state index >= 15 is 0 Å². The van der Waals surface area contributed by atoms with Crippen molar-refractivity contribution in [2.24, 2.45) is 17.8 Å². The second-order valence-corrected chi connectivity index (χ2v) is 6.59. The van der Waals surface area contributed by atoms with E-state index in [4.69, 9.17) is 4.74 Å². The summed E-state index contributed by atoms with van der Waals surface area (Å²) in [7, 11) is 2.07. The molecule has 1 aliphatic carbocycles. The number of esters is 2. The van der Waals surface area contributed by atoms with Crippen molar-refractivity contribution in [2.75, 3.05) is 20.1 Å². The SMILES string of the molecule is CN1CCC2=CC(c3ccccc3)C3C(=O)OC(=O)C3C2C1. The number of carbonyl (C=O) groups excluding carboxylic acids is 2. The minimum absolute atomic E-state index is 0.0418. The predicted octanol–water partition coefficient (Wildman–Crippen LogP) is 1.98. The highest BCUT2D eigenvalue weighted by Crippen LogP contribution is 2.49. The van der Waals surface area contributed by atoms with Crippen LogP contribution in [0.2, 0.25) is 0 Å². The first-order chi connectivity index (χ1) is 10.6. The summed E-state index contributed by atoms with van der Waals surface area (Å²) in [6, 6.07) is 9.99. The van der Waals surface area contributed by atoms with Crippen LogP contribution < -0.4 is 0 Å². The fraction of sp³-hybridized carbons (Fsp3) is 0.444. The number of likely N-dealkylation sites (tertiary alicyclic amines) is 1. The molecule has 0 radical (unpaired) electrons. The van der Waals surface area contributed by atoms with Crippen molar-refractivity contribution in [2.45, 2.75) is 12.3 Å². The standard InChI is InChI=1S/C18H19NO3/c1-19-8-7-12-9-13(11-5-3-2-4-6-11)15-16(14(12)10-19)18(21)22-17(15)20/h2-6,9,13-16H,7-8,10H2,1H3. The Morgan fingerprint density at radius 1 is 1.09 bits per heavy atom. The summed E-state index contributed by atoms with van der Waals surface area (Å²) < 4.78 is 5.01. The van der Waals surface area contributed by atoms with Gasteiger partial charge in [-0.25, -0.2) is 0 Å². The summed E-state index contributed by atoms with van der Waals surface area (Å²) in [5.74, 6) is -1.28. The van der Waals surface area contributed by atoms with E-state index < -0.39 is 0 Å². The molecule has 2 aliphatic heterocycles. The number of nitrogens with zero attached hydrogens (tertiary/aromatic N) is 1. The molecule has 2 fully saturated rings. The third-order valence-electron chi connectivity index (χ3n) is 5.30. The number of piperidine rings is 1. The first kappa shape index (κ1) is 13.7. The normalized spacial score (nSPS) is 34.7. The van der Waals surface area contributed by atoms with Crippen molar-refractivity contribution in [1.29, 1.82) is 0 Å². The Kier molecular flexibility index (Phi) is 3.15. The predicted molar refractivity (Wildman–Crippen MR) is 80.9 cm³/mol. The number of fused-ring (bicyclic) bond motifs is 3. The summed E-state index contributed by atoms with van der Waals surface area (Å²) in [4.78, 5) is 26.8. The Labute approximate surface area is 129 Å². The molecule has 1 aromatic rings. The molecule has 22 heavy (non-hydrogen) atoms. The summed E-state index contributed by atoms with van der Waals surface area (Å²) in [5, 5.41) is 0. The number of benzene rings is 1. The van der Waals surface area contributed by atoms with Crippen molar-refractivity contribution in [1.82, 2.24) is 4.90 Å². The molecule has 0 amide bonds. The summed E-state index contributed by atoms with van der Waals surface area (Å²) in [6.07, 6.45) is 3.20. The van der Waals surface area contributed by atoms with E-state index in [9.17, 15) is 9.59 Å². The van der Waals surface area contributed by atoms with E-state index in [1.807, 2.05) is 30.3 Å². The van der Waals surface area contributed by atoms with E-state index in [1.54, 1.807) is 0 Å². The van der Waals surface area contributed by atoms with Crippen molar-refractivity contribution in [3.8, 4) is 0 Å². The van der Waals surface area contributed by atoms with E-state index in [0.717, 1.165) is 25.1 Å². The maximum absolute atomic E-state index is 12.3. The zero-order chi connectivity index (χ0) is 15.3. The van der Waals surface area contributed by atoms with Gasteiger partial charge in [0.25, 0.3) is 0 Å². The molecule has 4 heteroatoms. The lowest BCUT2D eigenvalue weighted by atomic mass is 9.65. The maximum atomic E-state index is 12.3. The Bertz CT molecular complexity index is 652. The third kappa shape index (κ3) is 2.02. The van der Waals surface area contributed by atoms with Gasteiger partial charge in [0.05, 0.1) is 11.8 Å². The highest BCUT2D eigenvalue weighted by atomic mass is 16.6. The molecule has 114 valence electrons. The van der Waals surface area contributed by atoms with Gasteiger partial charge in [0, 0.05) is 24.9 Å². The molecule has 2 heterocycles. The Hall–Kier alpha value is -1.94. The highest BCUT2D eigenvalue weighted by Gasteiger charge is 2.55. The minimum Gasteiger partial charge on any atom is -0.393 e. The second-order valence-electron chi connectivity index (χ2n) is 6.59. The average Bonchev–Trinajstić information content (AvgIpc) is 2.83. The Balaban J connectivity index is 1.80. The highest BCUT2D eigenvalue weighted by molar-refractivity contribution is 5.98. The van der Waals surface area contributed by atoms with Gasteiger partial charge in [-0.2, -0.15) is 0 Å². The van der Waals surface area contributed by atoms with Crippen LogP contribution in [-0.4, -0.2) is 37.0 Å². The molecule has 0 saturated carbocycles. The van der Waals surface area contributed by atoms with Crippen molar-refractivity contribution >= 4 is 11.9 Å². The van der Waals surface area contributed by atoms with Crippen molar-refractivity contribution in [3.63, 3.8) is 0 Å². The molecule has 4 atom stereocenters. The monoisotopic (exact) mass is 297 g/mol. The molecule has 1 aromatic carbocycles. The molecule has 4 rings (SSSR count). The smallest absolute Gasteiger partial charge is 0.318 e. The van der Waals surface area contributed by atoms with Crippen molar-refractivity contribution in [3.05, 3.63) is 47.5 Å². The largest absolute Gasteiger partial charge is 0.393 e. The van der Waals surface area contributed by atoms with Crippen LogP contribution in [0.5, 0.6) is 0 Å². The molecule has 0 N–H and O–H groups in total. The van der Waals surface area contributed by atoms with Crippen LogP contribution in [-0.2, 0) is 14.3 Å². The lowest BCUT2D eigenvalue weighted by Gasteiger charge is -2.41. The van der Waals surface area contributed by atoms with Crippen LogP contribution in [0.15, 0.2) is 42.0 Å². The number of rotatable bonds is 1. The zero-order valence-corrected chi connectivity index (χ0v) is 12.6. The van der Waals surface area contributed by atoms with Gasteiger partial charge in [-0.3, -0.25) is 9.59 Å². The molecule has 3 aliphatic rings. The average molecular weight is 297 g/mol. The van der Waals surface area contributed by atoms with Gasteiger partial charge >= 0.3 is 11.9 Å². The first-order valence-corrected chi connectivity index (χ1v) is 7.85. The molecule has 4 nitrogen and oxygen atoms in total. The van der Waals surface area contributed by atoms with Crippen LogP contribution in [0, 0.1) is 17.8 Å². The van der Waals surface area contributed by atoms with Crippen molar-refractivity contribution < 1.29 is 14.3 Å². The summed E-state index contributed by atoms with van der Waals surface area (Å²) >= 11 is 0. The fourth-order valence-corrected chi connectivity index (χ4v) is 4.23. The Morgan fingerprint density at radius 3 is 2.59 bits per heavy atom. The molecular weight excluding hydrogens is 278 g/mol. The number of ether oxygens (including phenoxy) is 1. The molecule has 2 saturated heterocycles. The molecule has 4 unspecified atom stereocenters. The maximum Gasteiger partial charge on any atom is 0.318 e. The first-order valence-electron chi connectivity index (χ1n) is 7.85. The summed E-state index contributed by atoms with van der Waals surface area (Å²) in [6.45, 7) is 1.83. The van der Waals surface area contributed by atoms with E-state index in [-0.39, 0.29) is 35.6 Å². The number of hydrogen-bond donors (Lipinski definition) is 0. The molecular formula is C18H19NO3. The number of hydrogen-bond acceptors (Lipinski definition) is 4. The molecule has 0 spiro atoms. The van der Waals surface area contributed by atoms with Crippen LogP contribution in [0.3, 0.4) is 0 Å². The van der Waals surface area contributed by atoms with Crippen LogP contribution in [0.1, 0.15) is 17.9 Å². The lowest BCUT2D eigenvalue weighted by Crippen LogP contribution is -2.44. The van der Waals surface area contributed by atoms with Gasteiger partial charge < -0.3 is 9.64 Å². The second kappa shape index (κ2) is 5.06.